The van der Waals surface area contributed by atoms with Crippen molar-refractivity contribution >= 4 is 10.9 Å². The largest absolute Gasteiger partial charge is 0.393 e. The maximum absolute atomic E-state index is 10.1. The Morgan fingerprint density at radius 1 is 1.32 bits per heavy atom. The number of rotatable bonds is 6. The van der Waals surface area contributed by atoms with Crippen LogP contribution in [-0.2, 0) is 13.0 Å². The molecule has 1 aromatic heterocycles. The second kappa shape index (κ2) is 6.17. The van der Waals surface area contributed by atoms with Gasteiger partial charge in [0.15, 0.2) is 0 Å². The molecule has 0 spiro atoms. The Hall–Kier alpha value is -1.39. The Morgan fingerprint density at radius 3 is 2.74 bits per heavy atom. The highest BCUT2D eigenvalue weighted by Gasteiger charge is 2.13. The van der Waals surface area contributed by atoms with Crippen LogP contribution in [0.25, 0.3) is 10.9 Å². The fourth-order valence-electron chi connectivity index (χ4n) is 2.32. The number of aliphatic hydroxyl groups is 1. The number of para-hydroxylation sites is 1. The summed E-state index contributed by atoms with van der Waals surface area (Å²) >= 11 is 0. The molecule has 0 aliphatic carbocycles. The van der Waals surface area contributed by atoms with Crippen LogP contribution in [0, 0.1) is 0 Å². The summed E-state index contributed by atoms with van der Waals surface area (Å²) < 4.78 is 2.00. The van der Waals surface area contributed by atoms with Gasteiger partial charge in [-0.05, 0) is 40.1 Å². The first-order valence-corrected chi connectivity index (χ1v) is 6.89. The quantitative estimate of drug-likeness (QED) is 0.863. The van der Waals surface area contributed by atoms with Crippen LogP contribution in [0.5, 0.6) is 0 Å². The molecule has 19 heavy (non-hydrogen) atoms. The van der Waals surface area contributed by atoms with Crippen molar-refractivity contribution < 1.29 is 5.11 Å². The van der Waals surface area contributed by atoms with E-state index in [2.05, 4.69) is 29.1 Å². The van der Waals surface area contributed by atoms with Crippen LogP contribution < -0.4 is 0 Å². The second-order valence-electron chi connectivity index (χ2n) is 5.23. The minimum atomic E-state index is -0.328. The smallest absolute Gasteiger partial charge is 0.0729 e. The molecule has 0 fully saturated rings. The van der Waals surface area contributed by atoms with E-state index in [-0.39, 0.29) is 6.10 Å². The predicted octanol–water partition coefficient (Wildman–Crippen LogP) is 1.91. The van der Waals surface area contributed by atoms with Gasteiger partial charge in [-0.2, -0.15) is 5.10 Å². The molecule has 1 atom stereocenters. The van der Waals surface area contributed by atoms with Crippen molar-refractivity contribution in [1.82, 2.24) is 14.7 Å². The lowest BCUT2D eigenvalue weighted by atomic mass is 10.1. The highest BCUT2D eigenvalue weighted by molar-refractivity contribution is 5.81. The first-order chi connectivity index (χ1) is 9.11. The molecule has 0 saturated heterocycles. The molecule has 0 amide bonds. The van der Waals surface area contributed by atoms with E-state index >= 15 is 0 Å². The highest BCUT2D eigenvalue weighted by Crippen LogP contribution is 2.20. The van der Waals surface area contributed by atoms with Crippen LogP contribution >= 0.6 is 0 Å². The molecule has 2 rings (SSSR count). The van der Waals surface area contributed by atoms with Crippen LogP contribution in [-0.4, -0.2) is 46.5 Å². The monoisotopic (exact) mass is 261 g/mol. The molecular weight excluding hydrogens is 238 g/mol. The molecule has 1 heterocycles. The summed E-state index contributed by atoms with van der Waals surface area (Å²) in [7, 11) is 4.04. The summed E-state index contributed by atoms with van der Waals surface area (Å²) in [4.78, 5) is 2.09. The number of hydrogen-bond acceptors (Lipinski definition) is 3. The fourth-order valence-corrected chi connectivity index (χ4v) is 2.32. The van der Waals surface area contributed by atoms with E-state index in [1.54, 1.807) is 0 Å². The van der Waals surface area contributed by atoms with Crippen molar-refractivity contribution in [3.8, 4) is 0 Å². The van der Waals surface area contributed by atoms with Crippen molar-refractivity contribution in [2.24, 2.45) is 0 Å². The zero-order chi connectivity index (χ0) is 13.8. The van der Waals surface area contributed by atoms with Crippen LogP contribution in [0.4, 0.5) is 0 Å². The van der Waals surface area contributed by atoms with Crippen molar-refractivity contribution in [3.63, 3.8) is 0 Å². The highest BCUT2D eigenvalue weighted by atomic mass is 16.3. The molecule has 1 N–H and O–H groups in total. The molecular formula is C15H23N3O. The van der Waals surface area contributed by atoms with E-state index in [4.69, 9.17) is 0 Å². The molecule has 4 nitrogen and oxygen atoms in total. The predicted molar refractivity (Wildman–Crippen MR) is 78.3 cm³/mol. The van der Waals surface area contributed by atoms with Crippen molar-refractivity contribution in [3.05, 3.63) is 30.0 Å². The number of aryl methyl sites for hydroxylation is 1. The lowest BCUT2D eigenvalue weighted by molar-refractivity contribution is 0.151. The third-order valence-corrected chi connectivity index (χ3v) is 3.37. The van der Waals surface area contributed by atoms with Crippen molar-refractivity contribution in [2.45, 2.75) is 32.4 Å². The van der Waals surface area contributed by atoms with Gasteiger partial charge in [0.2, 0.25) is 0 Å². The Balaban J connectivity index is 2.16. The second-order valence-corrected chi connectivity index (χ2v) is 5.23. The third-order valence-electron chi connectivity index (χ3n) is 3.37. The molecule has 0 saturated carbocycles. The lowest BCUT2D eigenvalue weighted by Crippen LogP contribution is -2.21. The standard InChI is InChI=1S/C15H23N3O/c1-4-18-15-8-6-5-7-13(15)14(16-18)11-12(19)9-10-17(2)3/h5-8,12,19H,4,9-11H2,1-3H3. The molecule has 0 bridgehead atoms. The van der Waals surface area contributed by atoms with Gasteiger partial charge in [-0.1, -0.05) is 18.2 Å². The molecule has 4 heteroatoms. The first-order valence-electron chi connectivity index (χ1n) is 6.89. The van der Waals surface area contributed by atoms with Crippen molar-refractivity contribution in [2.75, 3.05) is 20.6 Å². The Kier molecular flexibility index (Phi) is 4.56. The number of benzene rings is 1. The van der Waals surface area contributed by atoms with Gasteiger partial charge in [0, 0.05) is 18.4 Å². The summed E-state index contributed by atoms with van der Waals surface area (Å²) in [5.74, 6) is 0. The van der Waals surface area contributed by atoms with E-state index in [9.17, 15) is 5.11 Å². The van der Waals surface area contributed by atoms with Crippen LogP contribution in [0.1, 0.15) is 19.0 Å². The topological polar surface area (TPSA) is 41.3 Å². The normalized spacial score (nSPS) is 13.3. The van der Waals surface area contributed by atoms with E-state index in [1.807, 2.05) is 30.9 Å². The number of nitrogens with zero attached hydrogens (tertiary/aromatic N) is 3. The van der Waals surface area contributed by atoms with Crippen LogP contribution in [0.15, 0.2) is 24.3 Å². The third kappa shape index (κ3) is 3.33. The SMILES string of the molecule is CCn1nc(CC(O)CCN(C)C)c2ccccc21. The van der Waals surface area contributed by atoms with E-state index in [0.29, 0.717) is 6.42 Å². The molecule has 104 valence electrons. The van der Waals surface area contributed by atoms with Gasteiger partial charge in [0.25, 0.3) is 0 Å². The molecule has 1 unspecified atom stereocenters. The lowest BCUT2D eigenvalue weighted by Gasteiger charge is -2.13. The van der Waals surface area contributed by atoms with E-state index < -0.39 is 0 Å². The van der Waals surface area contributed by atoms with Gasteiger partial charge in [-0.25, -0.2) is 0 Å². The van der Waals surface area contributed by atoms with Gasteiger partial charge in [0.1, 0.15) is 0 Å². The summed E-state index contributed by atoms with van der Waals surface area (Å²) in [6.45, 7) is 3.84. The van der Waals surface area contributed by atoms with E-state index in [1.165, 1.54) is 0 Å². The number of fused-ring (bicyclic) bond motifs is 1. The van der Waals surface area contributed by atoms with Gasteiger partial charge in [-0.15, -0.1) is 0 Å². The molecule has 0 aliphatic rings. The zero-order valence-corrected chi connectivity index (χ0v) is 12.0. The summed E-state index contributed by atoms with van der Waals surface area (Å²) in [5.41, 5.74) is 2.16. The summed E-state index contributed by atoms with van der Waals surface area (Å²) in [6, 6.07) is 8.23. The van der Waals surface area contributed by atoms with Gasteiger partial charge >= 0.3 is 0 Å². The van der Waals surface area contributed by atoms with Gasteiger partial charge in [0.05, 0.1) is 17.3 Å². The number of aromatic nitrogens is 2. The average Bonchev–Trinajstić information content (AvgIpc) is 2.75. The van der Waals surface area contributed by atoms with E-state index in [0.717, 1.165) is 36.1 Å². The summed E-state index contributed by atoms with van der Waals surface area (Å²) in [5, 5.41) is 15.9. The zero-order valence-electron chi connectivity index (χ0n) is 12.0. The average molecular weight is 261 g/mol. The summed E-state index contributed by atoms with van der Waals surface area (Å²) in [6.07, 6.45) is 1.08. The number of hydrogen-bond donors (Lipinski definition) is 1. The molecule has 0 aliphatic heterocycles. The maximum atomic E-state index is 10.1. The molecule has 0 radical (unpaired) electrons. The minimum absolute atomic E-state index is 0.328. The fraction of sp³-hybridized carbons (Fsp3) is 0.533. The van der Waals surface area contributed by atoms with Crippen LogP contribution in [0.3, 0.4) is 0 Å². The Labute approximate surface area is 114 Å². The number of aliphatic hydroxyl groups excluding tert-OH is 1. The molecule has 2 aromatic rings. The van der Waals surface area contributed by atoms with Crippen molar-refractivity contribution in [1.29, 1.82) is 0 Å². The molecule has 1 aromatic carbocycles. The minimum Gasteiger partial charge on any atom is -0.393 e. The first kappa shape index (κ1) is 14.0. The van der Waals surface area contributed by atoms with Gasteiger partial charge in [-0.3, -0.25) is 4.68 Å². The van der Waals surface area contributed by atoms with Gasteiger partial charge < -0.3 is 10.0 Å². The Morgan fingerprint density at radius 2 is 2.05 bits per heavy atom. The van der Waals surface area contributed by atoms with Crippen LogP contribution in [0.2, 0.25) is 0 Å². The maximum Gasteiger partial charge on any atom is 0.0729 e. The Bertz CT molecular complexity index is 533.